The maximum atomic E-state index is 13.0. The fourth-order valence-corrected chi connectivity index (χ4v) is 2.82. The van der Waals surface area contributed by atoms with Gasteiger partial charge in [-0.05, 0) is 55.0 Å². The summed E-state index contributed by atoms with van der Waals surface area (Å²) in [7, 11) is -4.04. The summed E-state index contributed by atoms with van der Waals surface area (Å²) in [6, 6.07) is 7.74. The molecule has 0 fully saturated rings. The molecule has 0 saturated carbocycles. The normalized spacial score (nSPS) is 11.2. The maximum Gasteiger partial charge on any atom is 0.266 e. The number of aryl methyl sites for hydroxylation is 1. The van der Waals surface area contributed by atoms with Crippen molar-refractivity contribution in [2.75, 3.05) is 0 Å². The van der Waals surface area contributed by atoms with Gasteiger partial charge < -0.3 is 0 Å². The number of carbonyl (C=O) groups excluding carboxylic acids is 1. The number of rotatable bonds is 4. The molecule has 0 aromatic heterocycles. The predicted octanol–water partition coefficient (Wildman–Crippen LogP) is 1.90. The Morgan fingerprint density at radius 2 is 1.59 bits per heavy atom. The third-order valence-corrected chi connectivity index (χ3v) is 4.24. The van der Waals surface area contributed by atoms with Crippen LogP contribution in [-0.2, 0) is 10.0 Å². The van der Waals surface area contributed by atoms with E-state index in [0.29, 0.717) is 0 Å². The standard InChI is InChI=1S/C14H12F2N2O3S/c1-9-8-12(16)6-7-13(9)22(20,21)18-17-14(19)10-2-4-11(15)5-3-10/h2-8,18H,1H3,(H,17,19). The lowest BCUT2D eigenvalue weighted by Crippen LogP contribution is -2.41. The van der Waals surface area contributed by atoms with Gasteiger partial charge >= 0.3 is 0 Å². The summed E-state index contributed by atoms with van der Waals surface area (Å²) >= 11 is 0. The Balaban J connectivity index is 2.12. The second-order valence-electron chi connectivity index (χ2n) is 4.48. The zero-order valence-corrected chi connectivity index (χ0v) is 12.2. The lowest BCUT2D eigenvalue weighted by Gasteiger charge is -2.10. The molecular formula is C14H12F2N2O3S. The highest BCUT2D eigenvalue weighted by Gasteiger charge is 2.18. The summed E-state index contributed by atoms with van der Waals surface area (Å²) in [4.78, 5) is 13.5. The number of hydrogen-bond donors (Lipinski definition) is 2. The number of halogens is 2. The van der Waals surface area contributed by atoms with Gasteiger partial charge in [-0.2, -0.15) is 0 Å². The fourth-order valence-electron chi connectivity index (χ4n) is 1.76. The zero-order chi connectivity index (χ0) is 16.3. The molecule has 1 amide bonds. The van der Waals surface area contributed by atoms with Crippen LogP contribution >= 0.6 is 0 Å². The summed E-state index contributed by atoms with van der Waals surface area (Å²) in [5.74, 6) is -1.82. The summed E-state index contributed by atoms with van der Waals surface area (Å²) in [5, 5.41) is 0. The minimum absolute atomic E-state index is 0.0833. The molecule has 5 nitrogen and oxygen atoms in total. The smallest absolute Gasteiger partial charge is 0.266 e. The van der Waals surface area contributed by atoms with E-state index in [1.807, 2.05) is 10.3 Å². The molecule has 0 atom stereocenters. The van der Waals surface area contributed by atoms with Crippen molar-refractivity contribution in [2.45, 2.75) is 11.8 Å². The van der Waals surface area contributed by atoms with Crippen LogP contribution in [0.3, 0.4) is 0 Å². The first kappa shape index (κ1) is 16.1. The van der Waals surface area contributed by atoms with E-state index >= 15 is 0 Å². The summed E-state index contributed by atoms with van der Waals surface area (Å²) in [6.07, 6.45) is 0. The number of carbonyl (C=O) groups is 1. The van der Waals surface area contributed by atoms with E-state index in [1.54, 1.807) is 0 Å². The molecule has 0 unspecified atom stereocenters. The molecule has 116 valence electrons. The molecular weight excluding hydrogens is 314 g/mol. The molecule has 0 radical (unpaired) electrons. The Hall–Kier alpha value is -2.32. The molecule has 0 spiro atoms. The predicted molar refractivity (Wildman–Crippen MR) is 75.3 cm³/mol. The summed E-state index contributed by atoms with van der Waals surface area (Å²) < 4.78 is 49.8. The molecule has 22 heavy (non-hydrogen) atoms. The topological polar surface area (TPSA) is 75.3 Å². The van der Waals surface area contributed by atoms with Crippen molar-refractivity contribution in [3.05, 3.63) is 65.2 Å². The lowest BCUT2D eigenvalue weighted by atomic mass is 10.2. The van der Waals surface area contributed by atoms with Crippen molar-refractivity contribution in [3.8, 4) is 0 Å². The van der Waals surface area contributed by atoms with Crippen molar-refractivity contribution in [1.82, 2.24) is 10.3 Å². The molecule has 0 saturated heterocycles. The highest BCUT2D eigenvalue weighted by atomic mass is 32.2. The van der Waals surface area contributed by atoms with E-state index in [4.69, 9.17) is 0 Å². The molecule has 0 bridgehead atoms. The van der Waals surface area contributed by atoms with Gasteiger partial charge in [0.25, 0.3) is 15.9 Å². The minimum atomic E-state index is -4.04. The molecule has 0 aliphatic heterocycles. The first-order valence-electron chi connectivity index (χ1n) is 6.13. The average molecular weight is 326 g/mol. The zero-order valence-electron chi connectivity index (χ0n) is 11.4. The van der Waals surface area contributed by atoms with E-state index in [-0.39, 0.29) is 16.0 Å². The monoisotopic (exact) mass is 326 g/mol. The summed E-state index contributed by atoms with van der Waals surface area (Å²) in [5.41, 5.74) is 2.29. The van der Waals surface area contributed by atoms with Gasteiger partial charge in [0.2, 0.25) is 0 Å². The Bertz CT molecular complexity index is 805. The van der Waals surface area contributed by atoms with Crippen LogP contribution in [0.1, 0.15) is 15.9 Å². The molecule has 2 aromatic carbocycles. The Kier molecular flexibility index (Phi) is 4.53. The van der Waals surface area contributed by atoms with E-state index < -0.39 is 27.6 Å². The largest absolute Gasteiger partial charge is 0.273 e. The molecule has 2 N–H and O–H groups in total. The van der Waals surface area contributed by atoms with Gasteiger partial charge in [-0.15, -0.1) is 4.83 Å². The first-order valence-corrected chi connectivity index (χ1v) is 7.62. The van der Waals surface area contributed by atoms with Crippen LogP contribution in [0.4, 0.5) is 8.78 Å². The highest BCUT2D eigenvalue weighted by molar-refractivity contribution is 7.89. The van der Waals surface area contributed by atoms with Crippen LogP contribution in [0.15, 0.2) is 47.4 Å². The Morgan fingerprint density at radius 1 is 1.00 bits per heavy atom. The SMILES string of the molecule is Cc1cc(F)ccc1S(=O)(=O)NNC(=O)c1ccc(F)cc1. The minimum Gasteiger partial charge on any atom is -0.273 e. The van der Waals surface area contributed by atoms with Crippen LogP contribution in [-0.4, -0.2) is 14.3 Å². The van der Waals surface area contributed by atoms with Gasteiger partial charge in [0.1, 0.15) is 11.6 Å². The van der Waals surface area contributed by atoms with Gasteiger partial charge in [0.15, 0.2) is 0 Å². The highest BCUT2D eigenvalue weighted by Crippen LogP contribution is 2.15. The van der Waals surface area contributed by atoms with Crippen LogP contribution in [0.2, 0.25) is 0 Å². The quantitative estimate of drug-likeness (QED) is 0.843. The Morgan fingerprint density at radius 3 is 2.18 bits per heavy atom. The average Bonchev–Trinajstić information content (AvgIpc) is 2.45. The molecule has 2 rings (SSSR count). The number of amides is 1. The summed E-state index contributed by atoms with van der Waals surface area (Å²) in [6.45, 7) is 1.43. The number of hydrazine groups is 1. The van der Waals surface area contributed by atoms with Gasteiger partial charge in [-0.25, -0.2) is 17.2 Å². The third kappa shape index (κ3) is 3.66. The van der Waals surface area contributed by atoms with Gasteiger partial charge in [-0.1, -0.05) is 0 Å². The second-order valence-corrected chi connectivity index (χ2v) is 6.13. The van der Waals surface area contributed by atoms with Crippen LogP contribution < -0.4 is 10.3 Å². The van der Waals surface area contributed by atoms with E-state index in [0.717, 1.165) is 30.3 Å². The van der Waals surface area contributed by atoms with Crippen molar-refractivity contribution in [1.29, 1.82) is 0 Å². The van der Waals surface area contributed by atoms with Crippen LogP contribution in [0, 0.1) is 18.6 Å². The number of hydrogen-bond acceptors (Lipinski definition) is 3. The molecule has 8 heteroatoms. The fraction of sp³-hybridized carbons (Fsp3) is 0.0714. The molecule has 0 aliphatic carbocycles. The van der Waals surface area contributed by atoms with Crippen LogP contribution in [0.25, 0.3) is 0 Å². The van der Waals surface area contributed by atoms with E-state index in [9.17, 15) is 22.0 Å². The molecule has 2 aromatic rings. The van der Waals surface area contributed by atoms with Crippen molar-refractivity contribution in [3.63, 3.8) is 0 Å². The number of sulfonamides is 1. The third-order valence-electron chi connectivity index (χ3n) is 2.83. The second kappa shape index (κ2) is 6.20. The van der Waals surface area contributed by atoms with E-state index in [2.05, 4.69) is 0 Å². The van der Waals surface area contributed by atoms with Crippen molar-refractivity contribution in [2.24, 2.45) is 0 Å². The van der Waals surface area contributed by atoms with Crippen molar-refractivity contribution >= 4 is 15.9 Å². The lowest BCUT2D eigenvalue weighted by molar-refractivity contribution is 0.0945. The molecule has 0 heterocycles. The molecule has 0 aliphatic rings. The number of nitrogens with one attached hydrogen (secondary N) is 2. The Labute approximate surface area is 126 Å². The van der Waals surface area contributed by atoms with Gasteiger partial charge in [0, 0.05) is 5.56 Å². The van der Waals surface area contributed by atoms with E-state index in [1.165, 1.54) is 19.1 Å². The first-order chi connectivity index (χ1) is 10.3. The maximum absolute atomic E-state index is 13.0. The van der Waals surface area contributed by atoms with Crippen molar-refractivity contribution < 1.29 is 22.0 Å². The number of benzene rings is 2. The van der Waals surface area contributed by atoms with Crippen LogP contribution in [0.5, 0.6) is 0 Å². The van der Waals surface area contributed by atoms with Gasteiger partial charge in [-0.3, -0.25) is 10.2 Å². The van der Waals surface area contributed by atoms with Gasteiger partial charge in [0.05, 0.1) is 4.90 Å².